The first-order valence-electron chi connectivity index (χ1n) is 8.33. The van der Waals surface area contributed by atoms with Gasteiger partial charge in [-0.25, -0.2) is 0 Å². The fourth-order valence-corrected chi connectivity index (χ4v) is 5.89. The van der Waals surface area contributed by atoms with Crippen LogP contribution >= 0.6 is 0 Å². The number of nitriles is 1. The molecule has 0 aliphatic heterocycles. The molecule has 0 atom stereocenters. The average molecular weight is 258 g/mol. The predicted molar refractivity (Wildman–Crippen MR) is 75.4 cm³/mol. The summed E-state index contributed by atoms with van der Waals surface area (Å²) in [4.78, 5) is 2.74. The SMILES string of the molecule is CCN(CC1(C#N)CC1)C12CC3CC(CC(C3)C1)C2. The summed E-state index contributed by atoms with van der Waals surface area (Å²) in [6, 6.07) is 2.61. The van der Waals surface area contributed by atoms with Crippen LogP contribution in [0.1, 0.15) is 58.3 Å². The summed E-state index contributed by atoms with van der Waals surface area (Å²) in [5.74, 6) is 3.03. The minimum Gasteiger partial charge on any atom is -0.296 e. The Balaban J connectivity index is 1.57. The predicted octanol–water partition coefficient (Wildman–Crippen LogP) is 3.58. The first-order valence-corrected chi connectivity index (χ1v) is 8.33. The molecule has 5 aliphatic carbocycles. The van der Waals surface area contributed by atoms with Gasteiger partial charge < -0.3 is 0 Å². The molecule has 4 bridgehead atoms. The highest BCUT2D eigenvalue weighted by atomic mass is 15.2. The zero-order valence-corrected chi connectivity index (χ0v) is 12.2. The Kier molecular flexibility index (Phi) is 2.56. The monoisotopic (exact) mass is 258 g/mol. The highest BCUT2D eigenvalue weighted by Crippen LogP contribution is 2.59. The van der Waals surface area contributed by atoms with E-state index in [4.69, 9.17) is 0 Å². The van der Waals surface area contributed by atoms with Crippen molar-refractivity contribution >= 4 is 0 Å². The summed E-state index contributed by atoms with van der Waals surface area (Å²) >= 11 is 0. The van der Waals surface area contributed by atoms with Crippen molar-refractivity contribution in [3.05, 3.63) is 0 Å². The normalized spacial score (nSPS) is 45.4. The van der Waals surface area contributed by atoms with Gasteiger partial charge >= 0.3 is 0 Å². The van der Waals surface area contributed by atoms with Gasteiger partial charge in [-0.2, -0.15) is 5.26 Å². The Labute approximate surface area is 117 Å². The molecule has 0 spiro atoms. The lowest BCUT2D eigenvalue weighted by Gasteiger charge is -2.61. The minimum absolute atomic E-state index is 0.0410. The maximum absolute atomic E-state index is 9.41. The van der Waals surface area contributed by atoms with Crippen LogP contribution in [0.25, 0.3) is 0 Å². The molecule has 0 amide bonds. The van der Waals surface area contributed by atoms with Crippen LogP contribution in [-0.4, -0.2) is 23.5 Å². The molecule has 5 aliphatic rings. The second-order valence-corrected chi connectivity index (χ2v) is 8.05. The Bertz CT molecular complexity index is 380. The summed E-state index contributed by atoms with van der Waals surface area (Å²) in [5, 5.41) is 9.41. The quantitative estimate of drug-likeness (QED) is 0.770. The Morgan fingerprint density at radius 1 is 1.05 bits per heavy atom. The van der Waals surface area contributed by atoms with Gasteiger partial charge in [-0.3, -0.25) is 4.90 Å². The van der Waals surface area contributed by atoms with Crippen molar-refractivity contribution in [2.75, 3.05) is 13.1 Å². The molecule has 5 fully saturated rings. The van der Waals surface area contributed by atoms with Crippen molar-refractivity contribution in [2.24, 2.45) is 23.2 Å². The van der Waals surface area contributed by atoms with Gasteiger partial charge in [-0.15, -0.1) is 0 Å². The van der Waals surface area contributed by atoms with Gasteiger partial charge in [0.15, 0.2) is 0 Å². The van der Waals surface area contributed by atoms with Crippen LogP contribution in [-0.2, 0) is 0 Å². The standard InChI is InChI=1S/C17H26N2/c1-2-19(12-16(11-18)3-4-16)17-8-13-5-14(9-17)7-15(6-13)10-17/h13-15H,2-10,12H2,1H3. The fourth-order valence-electron chi connectivity index (χ4n) is 5.89. The summed E-state index contributed by atoms with van der Waals surface area (Å²) in [6.07, 6.45) is 11.1. The van der Waals surface area contributed by atoms with Crippen LogP contribution in [0.5, 0.6) is 0 Å². The van der Waals surface area contributed by atoms with Gasteiger partial charge in [-0.05, 0) is 75.7 Å². The number of rotatable bonds is 4. The molecule has 5 rings (SSSR count). The molecule has 2 heteroatoms. The summed E-state index contributed by atoms with van der Waals surface area (Å²) in [6.45, 7) is 4.52. The van der Waals surface area contributed by atoms with Gasteiger partial charge in [0.2, 0.25) is 0 Å². The van der Waals surface area contributed by atoms with Gasteiger partial charge in [0.25, 0.3) is 0 Å². The van der Waals surface area contributed by atoms with E-state index in [0.29, 0.717) is 5.54 Å². The summed E-state index contributed by atoms with van der Waals surface area (Å²) in [7, 11) is 0. The lowest BCUT2D eigenvalue weighted by Crippen LogP contribution is -2.60. The van der Waals surface area contributed by atoms with Gasteiger partial charge in [0.1, 0.15) is 0 Å². The van der Waals surface area contributed by atoms with E-state index in [9.17, 15) is 5.26 Å². The minimum atomic E-state index is 0.0410. The lowest BCUT2D eigenvalue weighted by molar-refractivity contribution is -0.0908. The fraction of sp³-hybridized carbons (Fsp3) is 0.941. The van der Waals surface area contributed by atoms with Crippen LogP contribution in [0.2, 0.25) is 0 Å². The van der Waals surface area contributed by atoms with Crippen LogP contribution < -0.4 is 0 Å². The van der Waals surface area contributed by atoms with E-state index in [1.54, 1.807) is 0 Å². The van der Waals surface area contributed by atoms with Gasteiger partial charge in [0, 0.05) is 12.1 Å². The molecule has 104 valence electrons. The van der Waals surface area contributed by atoms with Crippen LogP contribution in [0.15, 0.2) is 0 Å². The zero-order valence-electron chi connectivity index (χ0n) is 12.2. The molecule has 0 saturated heterocycles. The first kappa shape index (κ1) is 12.2. The smallest absolute Gasteiger partial charge is 0.0703 e. The third-order valence-electron chi connectivity index (χ3n) is 6.64. The second-order valence-electron chi connectivity index (χ2n) is 8.05. The molecule has 0 aromatic heterocycles. The summed E-state index contributed by atoms with van der Waals surface area (Å²) in [5.41, 5.74) is 0.537. The zero-order chi connectivity index (χ0) is 13.1. The number of nitrogens with zero attached hydrogens (tertiary/aromatic N) is 2. The lowest BCUT2D eigenvalue weighted by atomic mass is 9.52. The van der Waals surface area contributed by atoms with E-state index in [2.05, 4.69) is 17.9 Å². The molecule has 2 nitrogen and oxygen atoms in total. The number of hydrogen-bond donors (Lipinski definition) is 0. The van der Waals surface area contributed by atoms with Crippen molar-refractivity contribution in [3.8, 4) is 6.07 Å². The van der Waals surface area contributed by atoms with Crippen molar-refractivity contribution in [2.45, 2.75) is 63.8 Å². The van der Waals surface area contributed by atoms with Crippen molar-refractivity contribution in [3.63, 3.8) is 0 Å². The van der Waals surface area contributed by atoms with Crippen molar-refractivity contribution < 1.29 is 0 Å². The van der Waals surface area contributed by atoms with Crippen molar-refractivity contribution in [1.82, 2.24) is 4.90 Å². The van der Waals surface area contributed by atoms with E-state index in [0.717, 1.165) is 43.7 Å². The molecular weight excluding hydrogens is 232 g/mol. The average Bonchev–Trinajstić information content (AvgIpc) is 3.14. The molecule has 5 saturated carbocycles. The maximum atomic E-state index is 9.41. The Hall–Kier alpha value is -0.550. The molecule has 0 unspecified atom stereocenters. The van der Waals surface area contributed by atoms with Crippen molar-refractivity contribution in [1.29, 1.82) is 5.26 Å². The van der Waals surface area contributed by atoms with E-state index in [-0.39, 0.29) is 5.41 Å². The van der Waals surface area contributed by atoms with Gasteiger partial charge in [-0.1, -0.05) is 6.92 Å². The molecular formula is C17H26N2. The highest BCUT2D eigenvalue weighted by molar-refractivity contribution is 5.14. The topological polar surface area (TPSA) is 27.0 Å². The van der Waals surface area contributed by atoms with E-state index < -0.39 is 0 Å². The molecule has 0 aromatic rings. The highest BCUT2D eigenvalue weighted by Gasteiger charge is 2.55. The molecule has 0 aromatic carbocycles. The number of hydrogen-bond acceptors (Lipinski definition) is 2. The molecule has 0 heterocycles. The Morgan fingerprint density at radius 2 is 1.58 bits per heavy atom. The molecule has 19 heavy (non-hydrogen) atoms. The van der Waals surface area contributed by atoms with E-state index in [1.807, 2.05) is 0 Å². The molecule has 0 N–H and O–H groups in total. The molecule has 0 radical (unpaired) electrons. The van der Waals surface area contributed by atoms with E-state index >= 15 is 0 Å². The van der Waals surface area contributed by atoms with Crippen LogP contribution in [0, 0.1) is 34.5 Å². The largest absolute Gasteiger partial charge is 0.296 e. The van der Waals surface area contributed by atoms with Gasteiger partial charge in [0.05, 0.1) is 11.5 Å². The second kappa shape index (κ2) is 3.98. The van der Waals surface area contributed by atoms with Crippen LogP contribution in [0.3, 0.4) is 0 Å². The maximum Gasteiger partial charge on any atom is 0.0703 e. The summed E-state index contributed by atoms with van der Waals surface area (Å²) < 4.78 is 0. The third kappa shape index (κ3) is 1.85. The third-order valence-corrected chi connectivity index (χ3v) is 6.64. The van der Waals surface area contributed by atoms with E-state index in [1.165, 1.54) is 38.5 Å². The van der Waals surface area contributed by atoms with Crippen LogP contribution in [0.4, 0.5) is 0 Å². The first-order chi connectivity index (χ1) is 9.17. The Morgan fingerprint density at radius 3 is 1.95 bits per heavy atom.